The van der Waals surface area contributed by atoms with Crippen LogP contribution in [0, 0.1) is 20.8 Å². The van der Waals surface area contributed by atoms with Gasteiger partial charge in [-0.1, -0.05) is 68.3 Å². The number of nitrogens with zero attached hydrogens (tertiary/aromatic N) is 1. The molecule has 0 radical (unpaired) electrons. The van der Waals surface area contributed by atoms with Crippen molar-refractivity contribution in [3.05, 3.63) is 75.9 Å². The fraction of sp³-hybridized carbons (Fsp3) is 0.269. The van der Waals surface area contributed by atoms with Crippen molar-refractivity contribution < 1.29 is 4.42 Å². The van der Waals surface area contributed by atoms with Crippen LogP contribution in [-0.2, 0) is 5.41 Å². The molecule has 148 valence electrons. The van der Waals surface area contributed by atoms with Crippen LogP contribution >= 0.6 is 11.6 Å². The standard InChI is InChI=1S/C26H26ClNO/c1-15-10-16(2)24(17(3)11-15)22-13-18-12-21(28-14-23(18)29-22)19-8-7-9-20(25(19)27)26(4,5)6/h7-14H,1-6H3. The summed E-state index contributed by atoms with van der Waals surface area (Å²) in [5.74, 6) is 0.878. The smallest absolute Gasteiger partial charge is 0.153 e. The van der Waals surface area contributed by atoms with Gasteiger partial charge in [0.15, 0.2) is 5.58 Å². The molecule has 0 atom stereocenters. The zero-order chi connectivity index (χ0) is 20.9. The van der Waals surface area contributed by atoms with Crippen LogP contribution in [0.2, 0.25) is 5.02 Å². The summed E-state index contributed by atoms with van der Waals surface area (Å²) < 4.78 is 6.16. The maximum Gasteiger partial charge on any atom is 0.153 e. The van der Waals surface area contributed by atoms with Gasteiger partial charge in [-0.3, -0.25) is 4.98 Å². The highest BCUT2D eigenvalue weighted by atomic mass is 35.5. The first-order valence-electron chi connectivity index (χ1n) is 9.92. The van der Waals surface area contributed by atoms with Crippen LogP contribution in [0.1, 0.15) is 43.0 Å². The molecule has 29 heavy (non-hydrogen) atoms. The molecule has 2 nitrogen and oxygen atoms in total. The fourth-order valence-corrected chi connectivity index (χ4v) is 4.60. The van der Waals surface area contributed by atoms with Gasteiger partial charge < -0.3 is 4.42 Å². The van der Waals surface area contributed by atoms with E-state index >= 15 is 0 Å². The molecule has 0 saturated heterocycles. The Morgan fingerprint density at radius 2 is 1.62 bits per heavy atom. The van der Waals surface area contributed by atoms with E-state index in [2.05, 4.69) is 76.9 Å². The molecule has 0 saturated carbocycles. The number of pyridine rings is 1. The summed E-state index contributed by atoms with van der Waals surface area (Å²) in [6, 6.07) is 14.7. The number of furan rings is 1. The summed E-state index contributed by atoms with van der Waals surface area (Å²) in [5, 5.41) is 1.79. The summed E-state index contributed by atoms with van der Waals surface area (Å²) in [4.78, 5) is 4.65. The Balaban J connectivity index is 1.84. The van der Waals surface area contributed by atoms with Crippen molar-refractivity contribution >= 4 is 22.6 Å². The lowest BCUT2D eigenvalue weighted by atomic mass is 9.85. The third-order valence-corrected chi connectivity index (χ3v) is 5.82. The van der Waals surface area contributed by atoms with Crippen molar-refractivity contribution in [2.24, 2.45) is 0 Å². The van der Waals surface area contributed by atoms with E-state index in [1.54, 1.807) is 6.20 Å². The number of aryl methyl sites for hydroxylation is 3. The van der Waals surface area contributed by atoms with Crippen molar-refractivity contribution in [1.29, 1.82) is 0 Å². The van der Waals surface area contributed by atoms with Crippen LogP contribution < -0.4 is 0 Å². The molecule has 2 aromatic carbocycles. The minimum atomic E-state index is -0.0273. The van der Waals surface area contributed by atoms with Gasteiger partial charge in [0.05, 0.1) is 16.9 Å². The average Bonchev–Trinajstić information content (AvgIpc) is 3.02. The Morgan fingerprint density at radius 1 is 0.931 bits per heavy atom. The Hall–Kier alpha value is -2.58. The van der Waals surface area contributed by atoms with Gasteiger partial charge >= 0.3 is 0 Å². The Morgan fingerprint density at radius 3 is 2.28 bits per heavy atom. The largest absolute Gasteiger partial charge is 0.454 e. The van der Waals surface area contributed by atoms with Crippen LogP contribution in [0.3, 0.4) is 0 Å². The molecule has 4 aromatic rings. The van der Waals surface area contributed by atoms with Crippen molar-refractivity contribution in [2.45, 2.75) is 47.0 Å². The Labute approximate surface area is 177 Å². The molecular formula is C26H26ClNO. The number of aromatic nitrogens is 1. The summed E-state index contributed by atoms with van der Waals surface area (Å²) in [7, 11) is 0. The molecule has 3 heteroatoms. The normalized spacial score (nSPS) is 12.0. The predicted octanol–water partition coefficient (Wildman–Crippen LogP) is 8.04. The Kier molecular flexibility index (Phi) is 4.78. The van der Waals surface area contributed by atoms with Crippen molar-refractivity contribution in [1.82, 2.24) is 4.98 Å². The van der Waals surface area contributed by atoms with Crippen LogP contribution in [-0.4, -0.2) is 4.98 Å². The van der Waals surface area contributed by atoms with Crippen LogP contribution in [0.5, 0.6) is 0 Å². The van der Waals surface area contributed by atoms with E-state index in [1.807, 2.05) is 12.1 Å². The van der Waals surface area contributed by atoms with E-state index < -0.39 is 0 Å². The van der Waals surface area contributed by atoms with Gasteiger partial charge in [0.1, 0.15) is 5.76 Å². The Bertz CT molecular complexity index is 1200. The average molecular weight is 404 g/mol. The molecule has 4 rings (SSSR count). The second-order valence-corrected chi connectivity index (χ2v) is 9.29. The third kappa shape index (κ3) is 3.58. The predicted molar refractivity (Wildman–Crippen MR) is 123 cm³/mol. The minimum absolute atomic E-state index is 0.0273. The molecule has 0 unspecified atom stereocenters. The number of rotatable bonds is 2. The first-order valence-corrected chi connectivity index (χ1v) is 10.3. The summed E-state index contributed by atoms with van der Waals surface area (Å²) in [5.41, 5.74) is 8.54. The molecule has 2 heterocycles. The molecule has 0 aliphatic carbocycles. The number of hydrogen-bond acceptors (Lipinski definition) is 2. The van der Waals surface area contributed by atoms with Crippen LogP contribution in [0.25, 0.3) is 33.6 Å². The topological polar surface area (TPSA) is 26.0 Å². The molecule has 0 spiro atoms. The van der Waals surface area contributed by atoms with E-state index in [0.29, 0.717) is 0 Å². The van der Waals surface area contributed by atoms with Gasteiger partial charge in [-0.15, -0.1) is 0 Å². The summed E-state index contributed by atoms with van der Waals surface area (Å²) in [6.45, 7) is 12.9. The maximum absolute atomic E-state index is 6.77. The highest BCUT2D eigenvalue weighted by Gasteiger charge is 2.20. The second kappa shape index (κ2) is 7.03. The first kappa shape index (κ1) is 19.7. The molecule has 0 amide bonds. The van der Waals surface area contributed by atoms with Gasteiger partial charge in [-0.25, -0.2) is 0 Å². The summed E-state index contributed by atoms with van der Waals surface area (Å²) in [6.07, 6.45) is 1.80. The van der Waals surface area contributed by atoms with E-state index in [4.69, 9.17) is 16.0 Å². The molecule has 0 N–H and O–H groups in total. The highest BCUT2D eigenvalue weighted by Crippen LogP contribution is 2.38. The van der Waals surface area contributed by atoms with E-state index in [9.17, 15) is 0 Å². The fourth-order valence-electron chi connectivity index (χ4n) is 4.09. The van der Waals surface area contributed by atoms with Gasteiger partial charge in [0, 0.05) is 16.5 Å². The number of halogens is 1. The summed E-state index contributed by atoms with van der Waals surface area (Å²) >= 11 is 6.77. The zero-order valence-corrected chi connectivity index (χ0v) is 18.6. The van der Waals surface area contributed by atoms with Crippen molar-refractivity contribution in [3.63, 3.8) is 0 Å². The lowest BCUT2D eigenvalue weighted by Crippen LogP contribution is -2.12. The quantitative estimate of drug-likeness (QED) is 0.338. The monoisotopic (exact) mass is 403 g/mol. The lowest BCUT2D eigenvalue weighted by molar-refractivity contribution is 0.590. The molecule has 0 aliphatic rings. The van der Waals surface area contributed by atoms with Crippen molar-refractivity contribution in [2.75, 3.05) is 0 Å². The maximum atomic E-state index is 6.77. The third-order valence-electron chi connectivity index (χ3n) is 5.41. The highest BCUT2D eigenvalue weighted by molar-refractivity contribution is 6.34. The van der Waals surface area contributed by atoms with E-state index in [1.165, 1.54) is 16.7 Å². The van der Waals surface area contributed by atoms with Crippen molar-refractivity contribution in [3.8, 4) is 22.6 Å². The van der Waals surface area contributed by atoms with Gasteiger partial charge in [-0.2, -0.15) is 0 Å². The van der Waals surface area contributed by atoms with E-state index in [0.717, 1.165) is 44.1 Å². The number of benzene rings is 2. The molecule has 0 bridgehead atoms. The second-order valence-electron chi connectivity index (χ2n) is 8.91. The van der Waals surface area contributed by atoms with E-state index in [-0.39, 0.29) is 5.41 Å². The minimum Gasteiger partial charge on any atom is -0.454 e. The SMILES string of the molecule is Cc1cc(C)c(-c2cc3cc(-c4cccc(C(C)(C)C)c4Cl)ncc3o2)c(C)c1. The van der Waals surface area contributed by atoms with Crippen LogP contribution in [0.4, 0.5) is 0 Å². The number of hydrogen-bond donors (Lipinski definition) is 0. The molecule has 0 aliphatic heterocycles. The molecule has 0 fully saturated rings. The molecule has 2 aromatic heterocycles. The number of fused-ring (bicyclic) bond motifs is 1. The van der Waals surface area contributed by atoms with Crippen LogP contribution in [0.15, 0.2) is 53.1 Å². The first-order chi connectivity index (χ1) is 13.6. The van der Waals surface area contributed by atoms with Gasteiger partial charge in [0.2, 0.25) is 0 Å². The van der Waals surface area contributed by atoms with Gasteiger partial charge in [-0.05, 0) is 55.0 Å². The molecular weight excluding hydrogens is 378 g/mol. The zero-order valence-electron chi connectivity index (χ0n) is 17.9. The lowest BCUT2D eigenvalue weighted by Gasteiger charge is -2.22. The van der Waals surface area contributed by atoms with Gasteiger partial charge in [0.25, 0.3) is 0 Å².